The highest BCUT2D eigenvalue weighted by molar-refractivity contribution is 5.72. The van der Waals surface area contributed by atoms with E-state index in [0.717, 1.165) is 22.4 Å². The molecule has 11 nitrogen and oxygen atoms in total. The Morgan fingerprint density at radius 3 is 2.20 bits per heavy atom. The number of H-pyrrole nitrogens is 1. The minimum atomic E-state index is -0.983. The smallest absolute Gasteiger partial charge is 0.280 e. The molecule has 4 heterocycles. The van der Waals surface area contributed by atoms with Crippen molar-refractivity contribution in [2.45, 2.75) is 56.1 Å². The summed E-state index contributed by atoms with van der Waals surface area (Å²) >= 11 is 0. The van der Waals surface area contributed by atoms with Crippen molar-refractivity contribution in [1.82, 2.24) is 19.5 Å². The third-order valence-corrected chi connectivity index (χ3v) is 8.68. The summed E-state index contributed by atoms with van der Waals surface area (Å²) in [7, 11) is 1.63. The van der Waals surface area contributed by atoms with Crippen LogP contribution in [0.5, 0.6) is 5.75 Å². The third-order valence-electron chi connectivity index (χ3n) is 8.68. The average Bonchev–Trinajstić information content (AvgIpc) is 3.66. The van der Waals surface area contributed by atoms with Gasteiger partial charge in [-0.3, -0.25) is 14.3 Å². The van der Waals surface area contributed by atoms with Gasteiger partial charge in [0.2, 0.25) is 5.95 Å². The van der Waals surface area contributed by atoms with Crippen LogP contribution in [-0.2, 0) is 19.7 Å². The fourth-order valence-electron chi connectivity index (χ4n) is 6.79. The zero-order valence-corrected chi connectivity index (χ0v) is 25.4. The molecule has 45 heavy (non-hydrogen) atoms. The van der Waals surface area contributed by atoms with E-state index in [9.17, 15) is 9.90 Å². The number of methoxy groups -OCH3 is 1. The molecule has 3 N–H and O–H groups in total. The molecule has 2 aliphatic heterocycles. The molecule has 11 heteroatoms. The zero-order chi connectivity index (χ0) is 31.4. The van der Waals surface area contributed by atoms with Crippen LogP contribution in [0.15, 0.2) is 96.1 Å². The largest absolute Gasteiger partial charge is 0.497 e. The summed E-state index contributed by atoms with van der Waals surface area (Å²) in [5, 5.41) is 13.7. The first-order valence-corrected chi connectivity index (χ1v) is 14.8. The van der Waals surface area contributed by atoms with Crippen LogP contribution >= 0.6 is 0 Å². The number of hydrogen-bond acceptors (Lipinski definition) is 9. The predicted octanol–water partition coefficient (Wildman–Crippen LogP) is 4.33. The van der Waals surface area contributed by atoms with E-state index in [1.165, 1.54) is 6.33 Å². The highest BCUT2D eigenvalue weighted by atomic mass is 16.8. The number of aromatic nitrogens is 4. The Bertz CT molecular complexity index is 1840. The van der Waals surface area contributed by atoms with E-state index < -0.39 is 40.9 Å². The average molecular weight is 610 g/mol. The van der Waals surface area contributed by atoms with Crippen LogP contribution in [0.4, 0.5) is 5.95 Å². The SMILES string of the molecule is COc1ccc(C(Nc2nc3c(ncn3[C@@H]3O[C@H](CO)[C@H]4OC(C)(C)O[C@]43C)c(=O)[nH]2)(c2ccccc2)c2ccccc2)cc1. The van der Waals surface area contributed by atoms with Gasteiger partial charge in [-0.1, -0.05) is 72.8 Å². The van der Waals surface area contributed by atoms with Gasteiger partial charge < -0.3 is 29.4 Å². The number of nitrogens with one attached hydrogen (secondary N) is 2. The minimum absolute atomic E-state index is 0.143. The molecule has 0 amide bonds. The monoisotopic (exact) mass is 609 g/mol. The summed E-state index contributed by atoms with van der Waals surface area (Å²) in [5.74, 6) is 0.0446. The zero-order valence-electron chi connectivity index (χ0n) is 25.4. The molecule has 0 bridgehead atoms. The van der Waals surface area contributed by atoms with Crippen molar-refractivity contribution >= 4 is 17.1 Å². The lowest BCUT2D eigenvalue weighted by Crippen LogP contribution is -2.42. The number of aliphatic hydroxyl groups is 1. The number of aliphatic hydroxyl groups excluding tert-OH is 1. The molecule has 3 aromatic carbocycles. The minimum Gasteiger partial charge on any atom is -0.497 e. The van der Waals surface area contributed by atoms with Gasteiger partial charge in [-0.2, -0.15) is 4.98 Å². The second kappa shape index (κ2) is 10.8. The molecule has 232 valence electrons. The molecule has 2 fully saturated rings. The number of rotatable bonds is 8. The summed E-state index contributed by atoms with van der Waals surface area (Å²) in [5.41, 5.74) is 0.812. The Morgan fingerprint density at radius 2 is 1.60 bits per heavy atom. The molecule has 2 aromatic heterocycles. The molecular formula is C34H35N5O6. The van der Waals surface area contributed by atoms with Gasteiger partial charge in [-0.05, 0) is 49.6 Å². The standard InChI is InChI=1S/C34H35N5O6/c1-32(2)44-27-25(19-40)43-30(33(27,3)45-32)39-20-35-26-28(39)36-31(37-29(26)41)38-34(21-11-7-5-8-12-21,22-13-9-6-10-14-22)23-15-17-24(42-4)18-16-23/h5-18,20,25,27,30,40H,19H2,1-4H3,(H2,36,37,38,41)/t25-,27-,30-,33-/m1/s1. The van der Waals surface area contributed by atoms with E-state index in [-0.39, 0.29) is 18.1 Å². The van der Waals surface area contributed by atoms with Gasteiger partial charge in [-0.25, -0.2) is 4.98 Å². The van der Waals surface area contributed by atoms with Crippen molar-refractivity contribution in [3.63, 3.8) is 0 Å². The van der Waals surface area contributed by atoms with E-state index in [2.05, 4.69) is 15.3 Å². The van der Waals surface area contributed by atoms with E-state index in [1.807, 2.05) is 106 Å². The van der Waals surface area contributed by atoms with Gasteiger partial charge in [0.15, 0.2) is 23.2 Å². The Kier molecular flexibility index (Phi) is 7.01. The highest BCUT2D eigenvalue weighted by Gasteiger charge is 2.64. The number of imidazole rings is 1. The number of nitrogens with zero attached hydrogens (tertiary/aromatic N) is 3. The summed E-state index contributed by atoms with van der Waals surface area (Å²) < 4.78 is 25.9. The van der Waals surface area contributed by atoms with Crippen molar-refractivity contribution in [2.75, 3.05) is 19.0 Å². The number of ether oxygens (including phenoxy) is 4. The molecule has 0 unspecified atom stereocenters. The van der Waals surface area contributed by atoms with Gasteiger partial charge in [0.05, 0.1) is 20.0 Å². The molecule has 5 aromatic rings. The van der Waals surface area contributed by atoms with E-state index in [0.29, 0.717) is 5.65 Å². The molecule has 0 saturated carbocycles. The maximum absolute atomic E-state index is 13.6. The van der Waals surface area contributed by atoms with Crippen LogP contribution in [-0.4, -0.2) is 61.9 Å². The second-order valence-corrected chi connectivity index (χ2v) is 12.0. The number of anilines is 1. The quantitative estimate of drug-likeness (QED) is 0.220. The van der Waals surface area contributed by atoms with Crippen LogP contribution in [0.2, 0.25) is 0 Å². The van der Waals surface area contributed by atoms with Crippen LogP contribution in [0.1, 0.15) is 43.7 Å². The molecule has 2 aliphatic rings. The molecular weight excluding hydrogens is 574 g/mol. The lowest BCUT2D eigenvalue weighted by Gasteiger charge is -2.37. The topological polar surface area (TPSA) is 133 Å². The molecule has 0 radical (unpaired) electrons. The van der Waals surface area contributed by atoms with E-state index in [4.69, 9.17) is 23.9 Å². The summed E-state index contributed by atoms with van der Waals surface area (Å²) in [4.78, 5) is 25.8. The van der Waals surface area contributed by atoms with Crippen LogP contribution in [0.25, 0.3) is 11.2 Å². The van der Waals surface area contributed by atoms with Crippen LogP contribution in [0, 0.1) is 0 Å². The van der Waals surface area contributed by atoms with Gasteiger partial charge >= 0.3 is 0 Å². The second-order valence-electron chi connectivity index (χ2n) is 12.0. The van der Waals surface area contributed by atoms with Gasteiger partial charge in [0.1, 0.15) is 29.1 Å². The van der Waals surface area contributed by atoms with Crippen molar-refractivity contribution in [3.8, 4) is 5.75 Å². The number of fused-ring (bicyclic) bond motifs is 2. The Labute approximate surface area is 259 Å². The first kappa shape index (κ1) is 29.2. The summed E-state index contributed by atoms with van der Waals surface area (Å²) in [6.07, 6.45) is -0.442. The van der Waals surface area contributed by atoms with Gasteiger partial charge in [0.25, 0.3) is 5.56 Å². The molecule has 7 rings (SSSR count). The molecule has 4 atom stereocenters. The van der Waals surface area contributed by atoms with Crippen molar-refractivity contribution in [2.24, 2.45) is 0 Å². The van der Waals surface area contributed by atoms with Crippen molar-refractivity contribution < 1.29 is 24.1 Å². The number of benzene rings is 3. The maximum atomic E-state index is 13.6. The van der Waals surface area contributed by atoms with E-state index >= 15 is 0 Å². The fourth-order valence-corrected chi connectivity index (χ4v) is 6.79. The van der Waals surface area contributed by atoms with Crippen LogP contribution < -0.4 is 15.6 Å². The maximum Gasteiger partial charge on any atom is 0.280 e. The van der Waals surface area contributed by atoms with Crippen molar-refractivity contribution in [3.05, 3.63) is 118 Å². The van der Waals surface area contributed by atoms with Crippen molar-refractivity contribution in [1.29, 1.82) is 0 Å². The first-order valence-electron chi connectivity index (χ1n) is 14.8. The van der Waals surface area contributed by atoms with Gasteiger partial charge in [0, 0.05) is 0 Å². The van der Waals surface area contributed by atoms with Gasteiger partial charge in [-0.15, -0.1) is 0 Å². The summed E-state index contributed by atoms with van der Waals surface area (Å²) in [6, 6.07) is 27.8. The lowest BCUT2D eigenvalue weighted by atomic mass is 9.77. The molecule has 2 saturated heterocycles. The lowest BCUT2D eigenvalue weighted by molar-refractivity contribution is -0.217. The molecule has 0 spiro atoms. The Morgan fingerprint density at radius 1 is 0.978 bits per heavy atom. The predicted molar refractivity (Wildman–Crippen MR) is 167 cm³/mol. The van der Waals surface area contributed by atoms with E-state index in [1.54, 1.807) is 11.7 Å². The third kappa shape index (κ3) is 4.70. The number of aromatic amines is 1. The normalized spacial score (nSPS) is 24.1. The Hall–Kier alpha value is -4.55. The Balaban J connectivity index is 1.40. The fraction of sp³-hybridized carbons (Fsp3) is 0.324. The highest BCUT2D eigenvalue weighted by Crippen LogP contribution is 2.51. The number of hydrogen-bond donors (Lipinski definition) is 3. The molecule has 0 aliphatic carbocycles. The summed E-state index contributed by atoms with van der Waals surface area (Å²) in [6.45, 7) is 5.27. The first-order chi connectivity index (χ1) is 21.7. The van der Waals surface area contributed by atoms with Crippen LogP contribution in [0.3, 0.4) is 0 Å².